The Morgan fingerprint density at radius 1 is 1.14 bits per heavy atom. The molecule has 0 aliphatic rings. The van der Waals surface area contributed by atoms with Gasteiger partial charge < -0.3 is 16.0 Å². The number of nitrogens with zero attached hydrogens (tertiary/aromatic N) is 1. The Morgan fingerprint density at radius 2 is 1.79 bits per heavy atom. The van der Waals surface area contributed by atoms with E-state index >= 15 is 0 Å². The van der Waals surface area contributed by atoms with Crippen LogP contribution in [-0.2, 0) is 14.4 Å². The lowest BCUT2D eigenvalue weighted by atomic mass is 9.96. The number of anilines is 1. The van der Waals surface area contributed by atoms with Crippen LogP contribution < -0.4 is 16.0 Å². The van der Waals surface area contributed by atoms with Crippen LogP contribution >= 0.6 is 11.3 Å². The van der Waals surface area contributed by atoms with E-state index < -0.39 is 5.41 Å². The second kappa shape index (κ2) is 9.65. The average molecular weight is 417 g/mol. The van der Waals surface area contributed by atoms with Gasteiger partial charge >= 0.3 is 0 Å². The summed E-state index contributed by atoms with van der Waals surface area (Å²) in [4.78, 5) is 39.5. The Hall–Kier alpha value is -2.74. The van der Waals surface area contributed by atoms with Gasteiger partial charge in [0.2, 0.25) is 17.7 Å². The summed E-state index contributed by atoms with van der Waals surface area (Å²) in [6, 6.07) is 7.72. The number of carbonyl (C=O) groups is 3. The van der Waals surface area contributed by atoms with Crippen molar-refractivity contribution in [2.75, 3.05) is 11.9 Å². The van der Waals surface area contributed by atoms with Gasteiger partial charge in [0.25, 0.3) is 0 Å². The maximum Gasteiger partial charge on any atom is 0.227 e. The molecule has 3 N–H and O–H groups in total. The zero-order chi connectivity index (χ0) is 21.6. The molecule has 2 rings (SSSR count). The van der Waals surface area contributed by atoms with E-state index in [4.69, 9.17) is 0 Å². The highest BCUT2D eigenvalue weighted by molar-refractivity contribution is 7.14. The molecule has 1 heterocycles. The highest BCUT2D eigenvalue weighted by atomic mass is 32.1. The van der Waals surface area contributed by atoms with Crippen LogP contribution in [0.5, 0.6) is 0 Å². The molecule has 1 aromatic heterocycles. The van der Waals surface area contributed by atoms with E-state index in [2.05, 4.69) is 20.9 Å². The van der Waals surface area contributed by atoms with E-state index in [9.17, 15) is 14.4 Å². The smallest absolute Gasteiger partial charge is 0.227 e. The molecular formula is C21H28N4O3S. The number of amides is 3. The Bertz CT molecular complexity index is 869. The maximum absolute atomic E-state index is 12.1. The largest absolute Gasteiger partial charge is 0.355 e. The van der Waals surface area contributed by atoms with E-state index in [1.165, 1.54) is 18.3 Å². The topological polar surface area (TPSA) is 100 Å². The van der Waals surface area contributed by atoms with Crippen molar-refractivity contribution < 1.29 is 14.4 Å². The fourth-order valence-corrected chi connectivity index (χ4v) is 3.27. The van der Waals surface area contributed by atoms with E-state index in [-0.39, 0.29) is 36.7 Å². The molecule has 1 aromatic carbocycles. The lowest BCUT2D eigenvalue weighted by Crippen LogP contribution is -2.36. The molecule has 0 saturated carbocycles. The van der Waals surface area contributed by atoms with Gasteiger partial charge in [-0.2, -0.15) is 0 Å². The Kier molecular flexibility index (Phi) is 7.50. The number of nitrogens with one attached hydrogen (secondary N) is 3. The molecule has 3 amide bonds. The lowest BCUT2D eigenvalue weighted by Gasteiger charge is -2.17. The number of aromatic nitrogens is 1. The van der Waals surface area contributed by atoms with Crippen molar-refractivity contribution in [1.82, 2.24) is 15.6 Å². The number of hydrogen-bond acceptors (Lipinski definition) is 5. The molecule has 29 heavy (non-hydrogen) atoms. The van der Waals surface area contributed by atoms with Crippen LogP contribution in [0.25, 0.3) is 11.3 Å². The SMILES string of the molecule is CC(=O)NC(C)c1ccc(-c2csc(NC(=O)CCNC(=O)C(C)(C)C)n2)cc1. The monoisotopic (exact) mass is 416 g/mol. The Morgan fingerprint density at radius 3 is 2.38 bits per heavy atom. The van der Waals surface area contributed by atoms with Gasteiger partial charge in [-0.25, -0.2) is 4.98 Å². The first-order valence-electron chi connectivity index (χ1n) is 9.47. The van der Waals surface area contributed by atoms with E-state index in [1.807, 2.05) is 57.3 Å². The summed E-state index contributed by atoms with van der Waals surface area (Å²) in [6.07, 6.45) is 0.187. The first-order chi connectivity index (χ1) is 13.6. The second-order valence-corrected chi connectivity index (χ2v) is 8.74. The van der Waals surface area contributed by atoms with Gasteiger partial charge in [-0.05, 0) is 12.5 Å². The van der Waals surface area contributed by atoms with Gasteiger partial charge in [0.15, 0.2) is 5.13 Å². The summed E-state index contributed by atoms with van der Waals surface area (Å²) in [7, 11) is 0. The zero-order valence-electron chi connectivity index (χ0n) is 17.5. The molecule has 1 atom stereocenters. The minimum atomic E-state index is -0.476. The molecule has 0 radical (unpaired) electrons. The predicted octanol–water partition coefficient (Wildman–Crippen LogP) is 3.50. The molecule has 0 spiro atoms. The normalized spacial score (nSPS) is 12.2. The summed E-state index contributed by atoms with van der Waals surface area (Å²) in [5.74, 6) is -0.350. The summed E-state index contributed by atoms with van der Waals surface area (Å²) >= 11 is 1.35. The van der Waals surface area contributed by atoms with Crippen LogP contribution in [0.15, 0.2) is 29.6 Å². The number of carbonyl (C=O) groups excluding carboxylic acids is 3. The lowest BCUT2D eigenvalue weighted by molar-refractivity contribution is -0.128. The first kappa shape index (κ1) is 22.5. The van der Waals surface area contributed by atoms with Gasteiger partial charge in [-0.1, -0.05) is 45.0 Å². The minimum absolute atomic E-state index is 0.0643. The quantitative estimate of drug-likeness (QED) is 0.643. The fraction of sp³-hybridized carbons (Fsp3) is 0.429. The Labute approximate surface area is 175 Å². The van der Waals surface area contributed by atoms with Crippen molar-refractivity contribution in [3.05, 3.63) is 35.2 Å². The molecule has 1 unspecified atom stereocenters. The molecule has 0 bridgehead atoms. The number of rotatable bonds is 7. The number of hydrogen-bond donors (Lipinski definition) is 3. The summed E-state index contributed by atoms with van der Waals surface area (Å²) in [5, 5.41) is 10.8. The highest BCUT2D eigenvalue weighted by Gasteiger charge is 2.20. The van der Waals surface area contributed by atoms with Crippen LogP contribution in [0.1, 0.15) is 52.6 Å². The molecular weight excluding hydrogens is 388 g/mol. The second-order valence-electron chi connectivity index (χ2n) is 7.89. The number of thiazole rings is 1. The summed E-state index contributed by atoms with van der Waals surface area (Å²) < 4.78 is 0. The first-order valence-corrected chi connectivity index (χ1v) is 10.4. The van der Waals surface area contributed by atoms with Crippen molar-refractivity contribution in [2.24, 2.45) is 5.41 Å². The van der Waals surface area contributed by atoms with E-state index in [0.717, 1.165) is 16.8 Å². The molecule has 0 fully saturated rings. The molecule has 0 aliphatic carbocycles. The van der Waals surface area contributed by atoms with Crippen molar-refractivity contribution in [1.29, 1.82) is 0 Å². The number of benzene rings is 1. The zero-order valence-corrected chi connectivity index (χ0v) is 18.3. The predicted molar refractivity (Wildman–Crippen MR) is 115 cm³/mol. The molecule has 7 nitrogen and oxygen atoms in total. The third-order valence-electron chi connectivity index (χ3n) is 4.20. The third kappa shape index (κ3) is 6.98. The standard InChI is InChI=1S/C21H28N4O3S/c1-13(23-14(2)26)15-6-8-16(9-7-15)17-12-29-20(24-17)25-18(27)10-11-22-19(28)21(3,4)5/h6-9,12-13H,10-11H2,1-5H3,(H,22,28)(H,23,26)(H,24,25,27). The fourth-order valence-electron chi connectivity index (χ4n) is 2.53. The van der Waals surface area contributed by atoms with E-state index in [0.29, 0.717) is 5.13 Å². The van der Waals surface area contributed by atoms with Gasteiger partial charge in [0.1, 0.15) is 0 Å². The van der Waals surface area contributed by atoms with Gasteiger partial charge in [0.05, 0.1) is 11.7 Å². The van der Waals surface area contributed by atoms with Crippen molar-refractivity contribution >= 4 is 34.2 Å². The summed E-state index contributed by atoms with van der Waals surface area (Å²) in [5.41, 5.74) is 2.23. The van der Waals surface area contributed by atoms with Crippen LogP contribution in [0, 0.1) is 5.41 Å². The highest BCUT2D eigenvalue weighted by Crippen LogP contribution is 2.26. The molecule has 0 aliphatic heterocycles. The third-order valence-corrected chi connectivity index (χ3v) is 4.95. The van der Waals surface area contributed by atoms with Crippen molar-refractivity contribution in [2.45, 2.75) is 47.1 Å². The molecule has 156 valence electrons. The van der Waals surface area contributed by atoms with Gasteiger partial charge in [-0.15, -0.1) is 11.3 Å². The molecule has 2 aromatic rings. The average Bonchev–Trinajstić information content (AvgIpc) is 3.08. The van der Waals surface area contributed by atoms with Crippen LogP contribution in [0.2, 0.25) is 0 Å². The molecule has 0 saturated heterocycles. The van der Waals surface area contributed by atoms with E-state index in [1.54, 1.807) is 0 Å². The van der Waals surface area contributed by atoms with Crippen molar-refractivity contribution in [3.8, 4) is 11.3 Å². The molecule has 8 heteroatoms. The van der Waals surface area contributed by atoms with Crippen LogP contribution in [0.3, 0.4) is 0 Å². The van der Waals surface area contributed by atoms with Crippen LogP contribution in [0.4, 0.5) is 5.13 Å². The Balaban J connectivity index is 1.89. The summed E-state index contributed by atoms with van der Waals surface area (Å²) in [6.45, 7) is 9.19. The minimum Gasteiger partial charge on any atom is -0.355 e. The van der Waals surface area contributed by atoms with Gasteiger partial charge in [0, 0.05) is 36.2 Å². The van der Waals surface area contributed by atoms with Crippen LogP contribution in [-0.4, -0.2) is 29.3 Å². The van der Waals surface area contributed by atoms with Crippen molar-refractivity contribution in [3.63, 3.8) is 0 Å². The van der Waals surface area contributed by atoms with Gasteiger partial charge in [-0.3, -0.25) is 14.4 Å². The maximum atomic E-state index is 12.1.